The van der Waals surface area contributed by atoms with E-state index in [9.17, 15) is 35.5 Å². The predicted molar refractivity (Wildman–Crippen MR) is 149 cm³/mol. The summed E-state index contributed by atoms with van der Waals surface area (Å²) >= 11 is 0. The first-order valence-corrected chi connectivity index (χ1v) is 14.5. The second-order valence-corrected chi connectivity index (χ2v) is 11.7. The largest absolute Gasteiger partial charge is 0.416 e. The summed E-state index contributed by atoms with van der Waals surface area (Å²) in [6, 6.07) is 6.02. The zero-order valence-corrected chi connectivity index (χ0v) is 24.3. The highest BCUT2D eigenvalue weighted by Crippen LogP contribution is 2.45. The average Bonchev–Trinajstić information content (AvgIpc) is 3.80. The Morgan fingerprint density at radius 1 is 0.935 bits per heavy atom. The highest BCUT2D eigenvalue weighted by Gasteiger charge is 2.54. The number of rotatable bonds is 9. The van der Waals surface area contributed by atoms with Crippen molar-refractivity contribution < 1.29 is 40.3 Å². The average molecular weight is 651 g/mol. The van der Waals surface area contributed by atoms with Crippen LogP contribution in [0.1, 0.15) is 58.7 Å². The molecule has 15 heteroatoms. The molecule has 1 amide bonds. The van der Waals surface area contributed by atoms with Crippen LogP contribution in [0.2, 0.25) is 0 Å². The number of hydrogen-bond donors (Lipinski definition) is 2. The van der Waals surface area contributed by atoms with E-state index in [1.807, 2.05) is 4.90 Å². The van der Waals surface area contributed by atoms with E-state index in [2.05, 4.69) is 20.4 Å². The number of H-pyrrole nitrogens is 2. The molecule has 0 radical (unpaired) electrons. The molecule has 6 rings (SSSR count). The number of nitrogens with zero attached hydrogens (tertiary/aromatic N) is 4. The van der Waals surface area contributed by atoms with Crippen molar-refractivity contribution in [3.8, 4) is 0 Å². The summed E-state index contributed by atoms with van der Waals surface area (Å²) in [5.41, 5.74) is -0.842. The summed E-state index contributed by atoms with van der Waals surface area (Å²) < 4.78 is 102. The van der Waals surface area contributed by atoms with Crippen molar-refractivity contribution in [3.63, 3.8) is 0 Å². The van der Waals surface area contributed by atoms with Gasteiger partial charge in [0, 0.05) is 55.1 Å². The molecule has 0 saturated carbocycles. The molecule has 0 bridgehead atoms. The number of carbonyl (C=O) groups excluding carboxylic acids is 1. The van der Waals surface area contributed by atoms with Gasteiger partial charge in [0.2, 0.25) is 5.91 Å². The van der Waals surface area contributed by atoms with Gasteiger partial charge in [-0.05, 0) is 54.8 Å². The minimum absolute atomic E-state index is 0.0444. The van der Waals surface area contributed by atoms with E-state index < -0.39 is 59.5 Å². The van der Waals surface area contributed by atoms with E-state index >= 15 is 0 Å². The summed E-state index contributed by atoms with van der Waals surface area (Å²) in [7, 11) is 0. The van der Waals surface area contributed by atoms with Crippen LogP contribution in [0.15, 0.2) is 67.3 Å². The molecule has 4 aromatic rings. The van der Waals surface area contributed by atoms with Crippen molar-refractivity contribution in [1.82, 2.24) is 30.2 Å². The standard InChI is InChI=1S/C31H29F7N6O2/c1-17(21-6-22(30(33,34)35)8-23(7-21)31(36,37)38)46-27-16-44-25(28(27)20-2-4-24(32)5-3-20)9-26(29(44)45)43(14-18-10-39-40-11-18)15-19-12-41-42-13-19/h2-8,10-13,17,25-28H,9,14-16H2,1H3,(H,39,40)(H,41,42)/t17-,25?,26?,27+,28+/m1/s1. The van der Waals surface area contributed by atoms with E-state index in [0.717, 1.165) is 11.1 Å². The Morgan fingerprint density at radius 3 is 2.00 bits per heavy atom. The number of nitrogens with one attached hydrogen (secondary N) is 2. The normalized spacial score (nSPS) is 22.5. The molecule has 2 fully saturated rings. The molecule has 0 spiro atoms. The number of amides is 1. The van der Waals surface area contributed by atoms with Gasteiger partial charge in [-0.1, -0.05) is 12.1 Å². The Bertz CT molecular complexity index is 1570. The topological polar surface area (TPSA) is 90.1 Å². The Hall–Kier alpha value is -4.24. The number of aromatic amines is 2. The SMILES string of the molecule is C[C@@H](O[C@H]1CN2C(=O)C(N(Cc3cn[nH]c3)Cc3cn[nH]c3)CC2[C@@H]1c1ccc(F)cc1)c1cc(C(F)(F)F)cc(C(F)(F)F)c1. The van der Waals surface area contributed by atoms with E-state index in [0.29, 0.717) is 37.2 Å². The molecule has 0 aliphatic carbocycles. The summed E-state index contributed by atoms with van der Waals surface area (Å²) in [6.07, 6.45) is -4.88. The maximum Gasteiger partial charge on any atom is 0.416 e. The molecular weight excluding hydrogens is 621 g/mol. The van der Waals surface area contributed by atoms with Crippen molar-refractivity contribution >= 4 is 5.91 Å². The number of hydrogen-bond acceptors (Lipinski definition) is 5. The summed E-state index contributed by atoms with van der Waals surface area (Å²) in [5.74, 6) is -1.21. The third-order valence-electron chi connectivity index (χ3n) is 8.66. The molecule has 2 saturated heterocycles. The fraction of sp³-hybridized carbons (Fsp3) is 0.387. The van der Waals surface area contributed by atoms with Crippen molar-refractivity contribution in [2.45, 2.75) is 69.0 Å². The molecule has 46 heavy (non-hydrogen) atoms. The Balaban J connectivity index is 1.30. The second kappa shape index (κ2) is 12.2. The highest BCUT2D eigenvalue weighted by atomic mass is 19.4. The van der Waals surface area contributed by atoms with Crippen molar-refractivity contribution in [2.24, 2.45) is 0 Å². The second-order valence-electron chi connectivity index (χ2n) is 11.7. The summed E-state index contributed by atoms with van der Waals surface area (Å²) in [4.78, 5) is 17.7. The molecule has 244 valence electrons. The molecule has 4 heterocycles. The molecule has 5 atom stereocenters. The Morgan fingerprint density at radius 2 is 1.50 bits per heavy atom. The van der Waals surface area contributed by atoms with Crippen LogP contribution in [0.5, 0.6) is 0 Å². The molecule has 2 unspecified atom stereocenters. The van der Waals surface area contributed by atoms with Gasteiger partial charge >= 0.3 is 12.4 Å². The highest BCUT2D eigenvalue weighted by molar-refractivity contribution is 5.85. The number of aromatic nitrogens is 4. The number of alkyl halides is 6. The molecule has 2 aromatic heterocycles. The van der Waals surface area contributed by atoms with Crippen LogP contribution < -0.4 is 0 Å². The minimum atomic E-state index is -5.01. The van der Waals surface area contributed by atoms with Gasteiger partial charge in [0.1, 0.15) is 5.82 Å². The van der Waals surface area contributed by atoms with Gasteiger partial charge in [-0.2, -0.15) is 36.5 Å². The van der Waals surface area contributed by atoms with Gasteiger partial charge in [-0.15, -0.1) is 0 Å². The van der Waals surface area contributed by atoms with Gasteiger partial charge < -0.3 is 9.64 Å². The monoisotopic (exact) mass is 650 g/mol. The molecular formula is C31H29F7N6O2. The zero-order chi connectivity index (χ0) is 32.8. The number of ether oxygens (including phenoxy) is 1. The third-order valence-corrected chi connectivity index (χ3v) is 8.66. The zero-order valence-electron chi connectivity index (χ0n) is 24.3. The summed E-state index contributed by atoms with van der Waals surface area (Å²) in [6.45, 7) is 2.22. The third kappa shape index (κ3) is 6.51. The number of halogens is 7. The van der Waals surface area contributed by atoms with Crippen LogP contribution >= 0.6 is 0 Å². The van der Waals surface area contributed by atoms with E-state index in [1.54, 1.807) is 41.8 Å². The summed E-state index contributed by atoms with van der Waals surface area (Å²) in [5, 5.41) is 13.5. The van der Waals surface area contributed by atoms with Gasteiger partial charge in [0.15, 0.2) is 0 Å². The van der Waals surface area contributed by atoms with Crippen LogP contribution in [0.25, 0.3) is 0 Å². The van der Waals surface area contributed by atoms with Crippen molar-refractivity contribution in [2.75, 3.05) is 6.54 Å². The first-order chi connectivity index (χ1) is 21.8. The maximum absolute atomic E-state index is 14.0. The van der Waals surface area contributed by atoms with Gasteiger partial charge in [-0.3, -0.25) is 19.9 Å². The van der Waals surface area contributed by atoms with E-state index in [-0.39, 0.29) is 24.1 Å². The van der Waals surface area contributed by atoms with Crippen molar-refractivity contribution in [1.29, 1.82) is 0 Å². The Kier molecular flexibility index (Phi) is 8.40. The first kappa shape index (κ1) is 31.7. The molecule has 2 aliphatic heterocycles. The number of benzene rings is 2. The molecule has 2 aliphatic rings. The van der Waals surface area contributed by atoms with Crippen LogP contribution in [0.4, 0.5) is 30.7 Å². The Labute approximate surface area is 258 Å². The van der Waals surface area contributed by atoms with E-state index in [1.165, 1.54) is 19.1 Å². The van der Waals surface area contributed by atoms with Crippen LogP contribution in [0.3, 0.4) is 0 Å². The van der Waals surface area contributed by atoms with Gasteiger partial charge in [-0.25, -0.2) is 4.39 Å². The quantitative estimate of drug-likeness (QED) is 0.210. The van der Waals surface area contributed by atoms with E-state index in [4.69, 9.17) is 4.74 Å². The first-order valence-electron chi connectivity index (χ1n) is 14.5. The lowest BCUT2D eigenvalue weighted by molar-refractivity contribution is -0.143. The molecule has 2 aromatic carbocycles. The maximum atomic E-state index is 14.0. The van der Waals surface area contributed by atoms with Crippen LogP contribution in [-0.2, 0) is 35.0 Å². The smallest absolute Gasteiger partial charge is 0.368 e. The van der Waals surface area contributed by atoms with Gasteiger partial charge in [0.05, 0.1) is 41.8 Å². The molecule has 8 nitrogen and oxygen atoms in total. The minimum Gasteiger partial charge on any atom is -0.368 e. The predicted octanol–water partition coefficient (Wildman–Crippen LogP) is 6.23. The van der Waals surface area contributed by atoms with Gasteiger partial charge in [0.25, 0.3) is 0 Å². The molecule has 2 N–H and O–H groups in total. The fourth-order valence-corrected chi connectivity index (χ4v) is 6.52. The van der Waals surface area contributed by atoms with Crippen LogP contribution in [-0.4, -0.2) is 60.8 Å². The number of fused-ring (bicyclic) bond motifs is 1. The lowest BCUT2D eigenvalue weighted by Gasteiger charge is -2.30. The van der Waals surface area contributed by atoms with Crippen LogP contribution in [0, 0.1) is 5.82 Å². The lowest BCUT2D eigenvalue weighted by atomic mass is 9.87. The van der Waals surface area contributed by atoms with Crippen molar-refractivity contribution in [3.05, 3.63) is 106 Å². The number of carbonyl (C=O) groups is 1. The fourth-order valence-electron chi connectivity index (χ4n) is 6.52. The lowest BCUT2D eigenvalue weighted by Crippen LogP contribution is -2.42.